The Morgan fingerprint density at radius 3 is 2.53 bits per heavy atom. The lowest BCUT2D eigenvalue weighted by Crippen LogP contribution is -2.57. The number of thiazole rings is 1. The third-order valence-electron chi connectivity index (χ3n) is 8.25. The fraction of sp³-hybridized carbons (Fsp3) is 0.531. The van der Waals surface area contributed by atoms with E-state index in [-0.39, 0.29) is 23.8 Å². The Kier molecular flexibility index (Phi) is 9.31. The van der Waals surface area contributed by atoms with Gasteiger partial charge in [-0.15, -0.1) is 11.3 Å². The Morgan fingerprint density at radius 1 is 1.12 bits per heavy atom. The van der Waals surface area contributed by atoms with Crippen LogP contribution in [0.25, 0.3) is 21.5 Å². The Bertz CT molecular complexity index is 1450. The van der Waals surface area contributed by atoms with Gasteiger partial charge in [0, 0.05) is 25.4 Å². The van der Waals surface area contributed by atoms with Crippen molar-refractivity contribution in [2.75, 3.05) is 26.7 Å². The van der Waals surface area contributed by atoms with Crippen molar-refractivity contribution in [1.82, 2.24) is 30.4 Å². The molecule has 0 saturated carbocycles. The van der Waals surface area contributed by atoms with Crippen molar-refractivity contribution in [3.05, 3.63) is 47.6 Å². The van der Waals surface area contributed by atoms with E-state index in [0.29, 0.717) is 6.54 Å². The number of hydrogen-bond donors (Lipinski definition) is 2. The van der Waals surface area contributed by atoms with Gasteiger partial charge in [-0.2, -0.15) is 0 Å². The summed E-state index contributed by atoms with van der Waals surface area (Å²) >= 11 is 1.60. The zero-order chi connectivity index (χ0) is 30.7. The standard InChI is InChI=1S/C32H42N6O4S/c1-20(37(5)31(41)42-32(2,3)4)28(39)35-26(22-13-16-33-17-14-22)30(40)38-19-9-12-23(38)29-36-27-24(43-29)15-18-34-25(27)21-10-7-6-8-11-21/h6-8,10-11,15,18,20,22-23,26,33H,9,12-14,16-17,19H2,1-5H3,(H,35,39)/t20-,23-,26-/m0/s1. The fourth-order valence-electron chi connectivity index (χ4n) is 5.79. The van der Waals surface area contributed by atoms with Gasteiger partial charge in [0.1, 0.15) is 28.2 Å². The van der Waals surface area contributed by atoms with Crippen molar-refractivity contribution in [2.24, 2.45) is 5.92 Å². The van der Waals surface area contributed by atoms with Gasteiger partial charge < -0.3 is 20.3 Å². The van der Waals surface area contributed by atoms with Crippen molar-refractivity contribution in [2.45, 2.75) is 77.1 Å². The molecular weight excluding hydrogens is 564 g/mol. The van der Waals surface area contributed by atoms with Crippen molar-refractivity contribution < 1.29 is 19.1 Å². The van der Waals surface area contributed by atoms with Crippen molar-refractivity contribution >= 4 is 39.5 Å². The number of pyridine rings is 1. The van der Waals surface area contributed by atoms with Gasteiger partial charge in [-0.1, -0.05) is 30.3 Å². The average molecular weight is 607 g/mol. The fourth-order valence-corrected chi connectivity index (χ4v) is 6.90. The molecule has 2 aliphatic rings. The molecule has 4 heterocycles. The van der Waals surface area contributed by atoms with Crippen LogP contribution in [0.5, 0.6) is 0 Å². The Morgan fingerprint density at radius 2 is 1.84 bits per heavy atom. The van der Waals surface area contributed by atoms with Crippen LogP contribution in [-0.2, 0) is 14.3 Å². The summed E-state index contributed by atoms with van der Waals surface area (Å²) in [7, 11) is 1.54. The molecule has 230 valence electrons. The summed E-state index contributed by atoms with van der Waals surface area (Å²) in [5.74, 6) is -0.475. The third-order valence-corrected chi connectivity index (χ3v) is 9.37. The number of rotatable bonds is 7. The number of likely N-dealkylation sites (tertiary alicyclic amines) is 1. The van der Waals surface area contributed by atoms with Crippen LogP contribution < -0.4 is 10.6 Å². The predicted molar refractivity (Wildman–Crippen MR) is 168 cm³/mol. The molecule has 0 aliphatic carbocycles. The van der Waals surface area contributed by atoms with E-state index in [1.54, 1.807) is 46.1 Å². The maximum Gasteiger partial charge on any atom is 0.410 e. The number of fused-ring (bicyclic) bond motifs is 1. The summed E-state index contributed by atoms with van der Waals surface area (Å²) < 4.78 is 6.49. The molecule has 2 fully saturated rings. The Balaban J connectivity index is 1.38. The minimum Gasteiger partial charge on any atom is -0.444 e. The normalized spacial score (nSPS) is 19.2. The van der Waals surface area contributed by atoms with Gasteiger partial charge in [-0.25, -0.2) is 9.78 Å². The maximum absolute atomic E-state index is 14.3. The van der Waals surface area contributed by atoms with E-state index >= 15 is 0 Å². The topological polar surface area (TPSA) is 117 Å². The zero-order valence-electron chi connectivity index (χ0n) is 25.6. The van der Waals surface area contributed by atoms with E-state index in [9.17, 15) is 14.4 Å². The van der Waals surface area contributed by atoms with Gasteiger partial charge in [0.15, 0.2) is 0 Å². The highest BCUT2D eigenvalue weighted by atomic mass is 32.1. The van der Waals surface area contributed by atoms with Crippen LogP contribution in [0.1, 0.15) is 64.4 Å². The lowest BCUT2D eigenvalue weighted by Gasteiger charge is -2.36. The molecule has 2 N–H and O–H groups in total. The Hall–Kier alpha value is -3.57. The number of benzene rings is 1. The second-order valence-corrected chi connectivity index (χ2v) is 13.5. The number of carbonyl (C=O) groups excluding carboxylic acids is 3. The Labute approximate surface area is 257 Å². The number of piperidine rings is 1. The van der Waals surface area contributed by atoms with Gasteiger partial charge in [0.25, 0.3) is 0 Å². The smallest absolute Gasteiger partial charge is 0.410 e. The zero-order valence-corrected chi connectivity index (χ0v) is 26.4. The molecule has 1 aromatic carbocycles. The van der Waals surface area contributed by atoms with Crippen LogP contribution in [0.3, 0.4) is 0 Å². The largest absolute Gasteiger partial charge is 0.444 e. The number of hydrogen-bond acceptors (Lipinski definition) is 8. The number of carbonyl (C=O) groups is 3. The van der Waals surface area contributed by atoms with E-state index in [1.807, 2.05) is 47.5 Å². The lowest BCUT2D eigenvalue weighted by atomic mass is 9.89. The molecule has 0 radical (unpaired) electrons. The monoisotopic (exact) mass is 606 g/mol. The first-order valence-corrected chi connectivity index (χ1v) is 15.9. The van der Waals surface area contributed by atoms with Crippen LogP contribution >= 0.6 is 11.3 Å². The highest BCUT2D eigenvalue weighted by molar-refractivity contribution is 7.18. The molecule has 11 heteroatoms. The van der Waals surface area contributed by atoms with Crippen molar-refractivity contribution in [3.8, 4) is 11.3 Å². The highest BCUT2D eigenvalue weighted by Gasteiger charge is 2.41. The summed E-state index contributed by atoms with van der Waals surface area (Å²) in [6.07, 6.45) is 4.45. The summed E-state index contributed by atoms with van der Waals surface area (Å²) in [5.41, 5.74) is 2.00. The first-order chi connectivity index (χ1) is 20.5. The highest BCUT2D eigenvalue weighted by Crippen LogP contribution is 2.39. The molecular formula is C32H42N6O4S. The van der Waals surface area contributed by atoms with Gasteiger partial charge >= 0.3 is 6.09 Å². The number of ether oxygens (including phenoxy) is 1. The first kappa shape index (κ1) is 30.9. The molecule has 3 atom stereocenters. The molecule has 10 nitrogen and oxygen atoms in total. The van der Waals surface area contributed by atoms with Gasteiger partial charge in [0.05, 0.1) is 16.4 Å². The van der Waals surface area contributed by atoms with E-state index < -0.39 is 23.8 Å². The van der Waals surface area contributed by atoms with Gasteiger partial charge in [-0.3, -0.25) is 19.5 Å². The lowest BCUT2D eigenvalue weighted by molar-refractivity contribution is -0.140. The quantitative estimate of drug-likeness (QED) is 0.398. The van der Waals surface area contributed by atoms with Crippen molar-refractivity contribution in [3.63, 3.8) is 0 Å². The van der Waals surface area contributed by atoms with Crippen LogP contribution in [0.4, 0.5) is 4.79 Å². The van der Waals surface area contributed by atoms with Crippen LogP contribution in [0, 0.1) is 5.92 Å². The van der Waals surface area contributed by atoms with Crippen LogP contribution in [0.2, 0.25) is 0 Å². The minimum absolute atomic E-state index is 0.0118. The molecule has 2 aliphatic heterocycles. The van der Waals surface area contributed by atoms with E-state index in [4.69, 9.17) is 9.72 Å². The molecule has 0 spiro atoms. The van der Waals surface area contributed by atoms with E-state index in [0.717, 1.165) is 65.3 Å². The molecule has 5 rings (SSSR count). The predicted octanol–water partition coefficient (Wildman–Crippen LogP) is 4.76. The number of nitrogens with zero attached hydrogens (tertiary/aromatic N) is 4. The van der Waals surface area contributed by atoms with Gasteiger partial charge in [0.2, 0.25) is 11.8 Å². The minimum atomic E-state index is -0.811. The molecule has 0 bridgehead atoms. The van der Waals surface area contributed by atoms with Gasteiger partial charge in [-0.05, 0) is 78.5 Å². The number of likely N-dealkylation sites (N-methyl/N-ethyl adjacent to an activating group) is 1. The second-order valence-electron chi connectivity index (χ2n) is 12.5. The number of nitrogens with one attached hydrogen (secondary N) is 2. The third kappa shape index (κ3) is 6.99. The summed E-state index contributed by atoms with van der Waals surface area (Å²) in [6, 6.07) is 10.3. The summed E-state index contributed by atoms with van der Waals surface area (Å²) in [5, 5.41) is 7.30. The molecule has 3 amide bonds. The molecule has 2 saturated heterocycles. The molecule has 3 aromatic rings. The first-order valence-electron chi connectivity index (χ1n) is 15.1. The SMILES string of the molecule is C[C@@H](C(=O)N[C@H](C(=O)N1CCC[C@H]1c1nc2c(-c3ccccc3)nccc2s1)C1CCNCC1)N(C)C(=O)OC(C)(C)C. The number of amides is 3. The van der Waals surface area contributed by atoms with E-state index in [2.05, 4.69) is 15.6 Å². The van der Waals surface area contributed by atoms with Crippen LogP contribution in [0.15, 0.2) is 42.6 Å². The molecule has 0 unspecified atom stereocenters. The van der Waals surface area contributed by atoms with Crippen LogP contribution in [-0.4, -0.2) is 82.0 Å². The summed E-state index contributed by atoms with van der Waals surface area (Å²) in [6.45, 7) is 9.18. The maximum atomic E-state index is 14.3. The summed E-state index contributed by atoms with van der Waals surface area (Å²) in [4.78, 5) is 53.3. The molecule has 43 heavy (non-hydrogen) atoms. The second kappa shape index (κ2) is 13.0. The average Bonchev–Trinajstić information content (AvgIpc) is 3.66. The number of aromatic nitrogens is 2. The van der Waals surface area contributed by atoms with E-state index in [1.165, 1.54) is 4.90 Å². The molecule has 2 aromatic heterocycles. The van der Waals surface area contributed by atoms with Crippen molar-refractivity contribution in [1.29, 1.82) is 0 Å².